The van der Waals surface area contributed by atoms with Gasteiger partial charge in [0.15, 0.2) is 0 Å². The Kier molecular flexibility index (Phi) is 7.88. The van der Waals surface area contributed by atoms with Gasteiger partial charge in [-0.3, -0.25) is 18.7 Å². The van der Waals surface area contributed by atoms with E-state index in [0.717, 1.165) is 11.0 Å². The van der Waals surface area contributed by atoms with E-state index in [4.69, 9.17) is 17.3 Å². The molecule has 0 aliphatic heterocycles. The van der Waals surface area contributed by atoms with Crippen molar-refractivity contribution in [1.82, 2.24) is 9.13 Å². The third kappa shape index (κ3) is 4.86. The molecule has 0 saturated heterocycles. The number of nitrogens with one attached hydrogen (secondary N) is 1. The van der Waals surface area contributed by atoms with Crippen LogP contribution in [-0.2, 0) is 17.9 Å². The highest BCUT2D eigenvalue weighted by Crippen LogP contribution is 2.12. The number of nitrogen functional groups attached to an aromatic ring is 1. The number of carbonyl (C=O) groups is 1. The maximum Gasteiger partial charge on any atom is 0.332 e. The van der Waals surface area contributed by atoms with Crippen LogP contribution in [0.3, 0.4) is 0 Å². The second kappa shape index (κ2) is 9.39. The lowest BCUT2D eigenvalue weighted by Crippen LogP contribution is -2.42. The SMILES string of the molecule is CCCn1c(N)c(NC(=O)CCCCCl)c(=O)n(CCC)c1=O. The number of hydrogen-bond donors (Lipinski definition) is 2. The largest absolute Gasteiger partial charge is 0.383 e. The van der Waals surface area contributed by atoms with Crippen molar-refractivity contribution in [2.75, 3.05) is 16.9 Å². The van der Waals surface area contributed by atoms with E-state index in [1.165, 1.54) is 4.57 Å². The zero-order valence-electron chi connectivity index (χ0n) is 13.7. The first-order valence-corrected chi connectivity index (χ1v) is 8.50. The Morgan fingerprint density at radius 3 is 2.30 bits per heavy atom. The van der Waals surface area contributed by atoms with Crippen molar-refractivity contribution in [1.29, 1.82) is 0 Å². The third-order valence-electron chi connectivity index (χ3n) is 3.41. The number of aromatic nitrogens is 2. The van der Waals surface area contributed by atoms with E-state index in [-0.39, 0.29) is 30.4 Å². The number of nitrogens with zero attached hydrogens (tertiary/aromatic N) is 2. The number of nitrogens with two attached hydrogens (primary N) is 1. The second-order valence-electron chi connectivity index (χ2n) is 5.35. The highest BCUT2D eigenvalue weighted by atomic mass is 35.5. The third-order valence-corrected chi connectivity index (χ3v) is 3.68. The number of carbonyl (C=O) groups excluding carboxylic acids is 1. The van der Waals surface area contributed by atoms with Gasteiger partial charge in [0, 0.05) is 25.4 Å². The van der Waals surface area contributed by atoms with Gasteiger partial charge in [-0.05, 0) is 25.7 Å². The van der Waals surface area contributed by atoms with E-state index >= 15 is 0 Å². The molecule has 1 aromatic rings. The monoisotopic (exact) mass is 344 g/mol. The molecule has 0 saturated carbocycles. The Morgan fingerprint density at radius 2 is 1.74 bits per heavy atom. The normalized spacial score (nSPS) is 10.7. The van der Waals surface area contributed by atoms with Crippen molar-refractivity contribution in [2.24, 2.45) is 0 Å². The van der Waals surface area contributed by atoms with Crippen LogP contribution in [0.25, 0.3) is 0 Å². The molecule has 3 N–H and O–H groups in total. The first-order chi connectivity index (χ1) is 11.0. The fraction of sp³-hybridized carbons (Fsp3) is 0.667. The minimum absolute atomic E-state index is 0.0117. The van der Waals surface area contributed by atoms with Crippen LogP contribution in [0.2, 0.25) is 0 Å². The van der Waals surface area contributed by atoms with Gasteiger partial charge in [-0.25, -0.2) is 4.79 Å². The second-order valence-corrected chi connectivity index (χ2v) is 5.72. The van der Waals surface area contributed by atoms with Crippen LogP contribution in [0.4, 0.5) is 11.5 Å². The summed E-state index contributed by atoms with van der Waals surface area (Å²) in [6.45, 7) is 4.46. The van der Waals surface area contributed by atoms with Crippen molar-refractivity contribution in [3.05, 3.63) is 20.8 Å². The average molecular weight is 345 g/mol. The molecule has 0 atom stereocenters. The molecule has 0 fully saturated rings. The summed E-state index contributed by atoms with van der Waals surface area (Å²) in [6, 6.07) is 0. The first-order valence-electron chi connectivity index (χ1n) is 7.96. The van der Waals surface area contributed by atoms with Gasteiger partial charge in [-0.2, -0.15) is 0 Å². The van der Waals surface area contributed by atoms with E-state index in [0.29, 0.717) is 31.7 Å². The van der Waals surface area contributed by atoms with E-state index in [1.54, 1.807) is 0 Å². The molecule has 0 radical (unpaired) electrons. The predicted molar refractivity (Wildman–Crippen MR) is 93.2 cm³/mol. The van der Waals surface area contributed by atoms with Gasteiger partial charge in [-0.15, -0.1) is 11.6 Å². The maximum atomic E-state index is 12.5. The maximum absolute atomic E-state index is 12.5. The molecule has 0 spiro atoms. The lowest BCUT2D eigenvalue weighted by atomic mass is 10.2. The number of rotatable bonds is 9. The molecular formula is C15H25ClN4O3. The summed E-state index contributed by atoms with van der Waals surface area (Å²) in [7, 11) is 0. The molecule has 1 amide bonds. The topological polar surface area (TPSA) is 99.1 Å². The van der Waals surface area contributed by atoms with Gasteiger partial charge >= 0.3 is 5.69 Å². The number of unbranched alkanes of at least 4 members (excludes halogenated alkanes) is 1. The van der Waals surface area contributed by atoms with Crippen LogP contribution in [0, 0.1) is 0 Å². The van der Waals surface area contributed by atoms with Gasteiger partial charge in [0.05, 0.1) is 0 Å². The van der Waals surface area contributed by atoms with Gasteiger partial charge in [-0.1, -0.05) is 13.8 Å². The summed E-state index contributed by atoms with van der Waals surface area (Å²) in [5.74, 6) is 0.198. The summed E-state index contributed by atoms with van der Waals surface area (Å²) in [5, 5.41) is 2.56. The molecule has 0 unspecified atom stereocenters. The molecule has 1 rings (SSSR count). The van der Waals surface area contributed by atoms with Crippen LogP contribution in [0.1, 0.15) is 46.0 Å². The number of anilines is 2. The molecule has 130 valence electrons. The Hall–Kier alpha value is -1.76. The lowest BCUT2D eigenvalue weighted by Gasteiger charge is -2.16. The zero-order chi connectivity index (χ0) is 17.4. The van der Waals surface area contributed by atoms with Crippen molar-refractivity contribution >= 4 is 29.0 Å². The Balaban J connectivity index is 3.22. The molecule has 0 aromatic carbocycles. The van der Waals surface area contributed by atoms with Gasteiger partial charge < -0.3 is 11.1 Å². The molecule has 0 aliphatic carbocycles. The van der Waals surface area contributed by atoms with Crippen LogP contribution in [0.15, 0.2) is 9.59 Å². The van der Waals surface area contributed by atoms with Crippen molar-refractivity contribution in [2.45, 2.75) is 59.0 Å². The Bertz CT molecular complexity index is 651. The number of hydrogen-bond acceptors (Lipinski definition) is 4. The van der Waals surface area contributed by atoms with E-state index < -0.39 is 11.2 Å². The Morgan fingerprint density at radius 1 is 1.13 bits per heavy atom. The van der Waals surface area contributed by atoms with Crippen LogP contribution in [0.5, 0.6) is 0 Å². The molecule has 0 aliphatic rings. The molecule has 1 aromatic heterocycles. The van der Waals surface area contributed by atoms with Crippen LogP contribution < -0.4 is 22.3 Å². The summed E-state index contributed by atoms with van der Waals surface area (Å²) in [5.41, 5.74) is 4.96. The zero-order valence-corrected chi connectivity index (χ0v) is 14.5. The standard InChI is InChI=1S/C15H25ClN4O3/c1-3-9-19-13(17)12(18-11(21)7-5-6-8-16)14(22)20(10-4-2)15(19)23/h3-10,17H2,1-2H3,(H,18,21). The predicted octanol–water partition coefficient (Wildman–Crippen LogP) is 1.76. The van der Waals surface area contributed by atoms with E-state index in [2.05, 4.69) is 5.32 Å². The first kappa shape index (κ1) is 19.3. The van der Waals surface area contributed by atoms with Gasteiger partial charge in [0.1, 0.15) is 11.5 Å². The minimum atomic E-state index is -0.549. The molecule has 1 heterocycles. The number of halogens is 1. The number of alkyl halides is 1. The fourth-order valence-electron chi connectivity index (χ4n) is 2.28. The van der Waals surface area contributed by atoms with Crippen molar-refractivity contribution in [3.8, 4) is 0 Å². The molecule has 8 heteroatoms. The van der Waals surface area contributed by atoms with Crippen LogP contribution >= 0.6 is 11.6 Å². The van der Waals surface area contributed by atoms with Crippen molar-refractivity contribution in [3.63, 3.8) is 0 Å². The summed E-state index contributed by atoms with van der Waals surface area (Å²) < 4.78 is 2.46. The molecule has 7 nitrogen and oxygen atoms in total. The quantitative estimate of drug-likeness (QED) is 0.526. The molecule has 23 heavy (non-hydrogen) atoms. The fourth-order valence-corrected chi connectivity index (χ4v) is 2.46. The van der Waals surface area contributed by atoms with E-state index in [1.807, 2.05) is 13.8 Å². The molecule has 0 bridgehead atoms. The summed E-state index contributed by atoms with van der Waals surface area (Å²) in [6.07, 6.45) is 2.94. The smallest absolute Gasteiger partial charge is 0.332 e. The van der Waals surface area contributed by atoms with Crippen LogP contribution in [-0.4, -0.2) is 20.9 Å². The summed E-state index contributed by atoms with van der Waals surface area (Å²) >= 11 is 5.58. The molecular weight excluding hydrogens is 320 g/mol. The van der Waals surface area contributed by atoms with Crippen molar-refractivity contribution < 1.29 is 4.79 Å². The van der Waals surface area contributed by atoms with Gasteiger partial charge in [0.2, 0.25) is 5.91 Å². The lowest BCUT2D eigenvalue weighted by molar-refractivity contribution is -0.116. The minimum Gasteiger partial charge on any atom is -0.383 e. The summed E-state index contributed by atoms with van der Waals surface area (Å²) in [4.78, 5) is 36.8. The Labute approximate surface area is 140 Å². The number of amides is 1. The van der Waals surface area contributed by atoms with Gasteiger partial charge in [0.25, 0.3) is 5.56 Å². The van der Waals surface area contributed by atoms with E-state index in [9.17, 15) is 14.4 Å². The highest BCUT2D eigenvalue weighted by Gasteiger charge is 2.18. The highest BCUT2D eigenvalue weighted by molar-refractivity contribution is 6.17. The average Bonchev–Trinajstić information content (AvgIpc) is 2.52.